The quantitative estimate of drug-likeness (QED) is 0.413. The Bertz CT molecular complexity index is 1370. The Morgan fingerprint density at radius 1 is 1.31 bits per heavy atom. The number of hydrogen-bond acceptors (Lipinski definition) is 3. The number of aromatic nitrogens is 3. The zero-order valence-corrected chi connectivity index (χ0v) is 18.3. The van der Waals surface area contributed by atoms with Crippen LogP contribution in [0, 0.1) is 12.7 Å². The highest BCUT2D eigenvalue weighted by Gasteiger charge is 2.45. The zero-order valence-electron chi connectivity index (χ0n) is 18.3. The highest BCUT2D eigenvalue weighted by atomic mass is 19.1. The molecule has 166 valence electrons. The average molecular weight is 435 g/mol. The minimum atomic E-state index is -1.71. The van der Waals surface area contributed by atoms with E-state index in [1.54, 1.807) is 19.2 Å². The lowest BCUT2D eigenvalue weighted by Crippen LogP contribution is -2.35. The maximum atomic E-state index is 14.1. The summed E-state index contributed by atoms with van der Waals surface area (Å²) in [6, 6.07) is 9.23. The van der Waals surface area contributed by atoms with Crippen LogP contribution in [-0.4, -0.2) is 36.5 Å². The second-order valence-electron chi connectivity index (χ2n) is 9.33. The van der Waals surface area contributed by atoms with Crippen LogP contribution in [0.2, 0.25) is 0 Å². The lowest BCUT2D eigenvalue weighted by Gasteiger charge is -2.20. The van der Waals surface area contributed by atoms with E-state index < -0.39 is 11.6 Å². The van der Waals surface area contributed by atoms with Gasteiger partial charge in [0.2, 0.25) is 0 Å². The summed E-state index contributed by atoms with van der Waals surface area (Å²) in [6.07, 6.45) is 2.75. The monoisotopic (exact) mass is 435 g/mol. The first-order chi connectivity index (χ1) is 15.2. The summed E-state index contributed by atoms with van der Waals surface area (Å²) < 4.78 is 16.2. The summed E-state index contributed by atoms with van der Waals surface area (Å²) in [7, 11) is 0. The van der Waals surface area contributed by atoms with E-state index in [-0.39, 0.29) is 30.5 Å². The predicted octanol–water partition coefficient (Wildman–Crippen LogP) is 5.16. The molecule has 3 N–H and O–H groups in total. The number of nitrogens with one attached hydrogen (secondary N) is 1. The third-order valence-electron chi connectivity index (χ3n) is 6.85. The number of nitrogens with zero attached hydrogens (tertiary/aromatic N) is 2. The van der Waals surface area contributed by atoms with Crippen molar-refractivity contribution in [2.75, 3.05) is 0 Å². The molecule has 0 aliphatic heterocycles. The molecular weight excluding hydrogens is 409 g/mol. The number of hydrogen-bond donors (Lipinski definition) is 3. The van der Waals surface area contributed by atoms with Gasteiger partial charge < -0.3 is 14.8 Å². The molecule has 32 heavy (non-hydrogen) atoms. The van der Waals surface area contributed by atoms with Gasteiger partial charge in [-0.25, -0.2) is 9.18 Å². The average Bonchev–Trinajstić information content (AvgIpc) is 3.43. The van der Waals surface area contributed by atoms with E-state index in [1.807, 2.05) is 6.07 Å². The normalized spacial score (nSPS) is 21.2. The molecule has 1 aliphatic carbocycles. The minimum absolute atomic E-state index is 0.0980. The highest BCUT2D eigenvalue weighted by molar-refractivity contribution is 5.99. The van der Waals surface area contributed by atoms with Crippen molar-refractivity contribution in [3.63, 3.8) is 0 Å². The number of carboxylic acids is 1. The smallest absolute Gasteiger partial charge is 0.335 e. The molecule has 2 atom stereocenters. The van der Waals surface area contributed by atoms with E-state index in [0.717, 1.165) is 38.8 Å². The Morgan fingerprint density at radius 3 is 2.75 bits per heavy atom. The second kappa shape index (κ2) is 7.17. The van der Waals surface area contributed by atoms with Crippen LogP contribution in [-0.2, 0) is 4.79 Å². The fourth-order valence-electron chi connectivity index (χ4n) is 5.28. The number of aliphatic carboxylic acids is 1. The van der Waals surface area contributed by atoms with Gasteiger partial charge in [0.1, 0.15) is 5.82 Å². The van der Waals surface area contributed by atoms with E-state index in [1.165, 1.54) is 6.07 Å². The number of aryl methyl sites for hydroxylation is 1. The van der Waals surface area contributed by atoms with Gasteiger partial charge in [0, 0.05) is 22.2 Å². The molecule has 1 fully saturated rings. The van der Waals surface area contributed by atoms with Gasteiger partial charge in [0.15, 0.2) is 5.60 Å². The Labute approximate surface area is 184 Å². The van der Waals surface area contributed by atoms with Gasteiger partial charge in [-0.1, -0.05) is 13.8 Å². The maximum Gasteiger partial charge on any atom is 0.335 e. The zero-order chi connectivity index (χ0) is 22.8. The fourth-order valence-corrected chi connectivity index (χ4v) is 5.28. The van der Waals surface area contributed by atoms with Crippen LogP contribution in [0.5, 0.6) is 0 Å². The van der Waals surface area contributed by atoms with Crippen molar-refractivity contribution < 1.29 is 19.4 Å². The third kappa shape index (κ3) is 3.03. The number of fused-ring (bicyclic) bond motifs is 2. The number of halogens is 1. The summed E-state index contributed by atoms with van der Waals surface area (Å²) in [5.41, 5.74) is 3.70. The summed E-state index contributed by atoms with van der Waals surface area (Å²) in [4.78, 5) is 11.7. The summed E-state index contributed by atoms with van der Waals surface area (Å²) in [5.74, 6) is -1.40. The summed E-state index contributed by atoms with van der Waals surface area (Å²) in [6.45, 7) is 5.96. The largest absolute Gasteiger partial charge is 0.479 e. The lowest BCUT2D eigenvalue weighted by atomic mass is 9.89. The van der Waals surface area contributed by atoms with Crippen molar-refractivity contribution in [2.45, 2.75) is 57.5 Å². The second-order valence-corrected chi connectivity index (χ2v) is 9.33. The Morgan fingerprint density at radius 2 is 2.09 bits per heavy atom. The van der Waals surface area contributed by atoms with E-state index in [0.29, 0.717) is 12.0 Å². The van der Waals surface area contributed by atoms with E-state index >= 15 is 0 Å². The number of H-pyrrole nitrogens is 1. The van der Waals surface area contributed by atoms with Gasteiger partial charge in [-0.3, -0.25) is 5.10 Å². The van der Waals surface area contributed by atoms with Gasteiger partial charge in [0.05, 0.1) is 17.2 Å². The molecule has 0 amide bonds. The van der Waals surface area contributed by atoms with Crippen LogP contribution in [0.25, 0.3) is 27.5 Å². The molecule has 1 aliphatic rings. The van der Waals surface area contributed by atoms with Crippen LogP contribution in [0.4, 0.5) is 4.39 Å². The van der Waals surface area contributed by atoms with Crippen molar-refractivity contribution in [3.8, 4) is 5.69 Å². The van der Waals surface area contributed by atoms with E-state index in [9.17, 15) is 19.4 Å². The Hall–Kier alpha value is -3.19. The van der Waals surface area contributed by atoms with Crippen molar-refractivity contribution >= 4 is 27.8 Å². The van der Waals surface area contributed by atoms with Gasteiger partial charge in [-0.05, 0) is 79.5 Å². The van der Waals surface area contributed by atoms with Crippen molar-refractivity contribution in [2.24, 2.45) is 0 Å². The molecule has 0 unspecified atom stereocenters. The first-order valence-corrected chi connectivity index (χ1v) is 10.9. The van der Waals surface area contributed by atoms with E-state index in [4.69, 9.17) is 0 Å². The molecule has 0 radical (unpaired) electrons. The standard InChI is InChI=1S/C25H26FN3O3/c1-13(2)23-22(15-6-7-25(32,11-15)24(30)31)18-10-20-16(12-27-28-20)9-21(18)29(23)17-4-5-19(26)14(3)8-17/h4-5,8-10,12-13,15,32H,6-7,11H2,1-3H3,(H,27,28)(H,30,31)/t15-,25+/m1/s1. The minimum Gasteiger partial charge on any atom is -0.479 e. The molecular formula is C25H26FN3O3. The van der Waals surface area contributed by atoms with Crippen molar-refractivity contribution in [1.82, 2.24) is 14.8 Å². The summed E-state index contributed by atoms with van der Waals surface area (Å²) in [5, 5.41) is 29.4. The van der Waals surface area contributed by atoms with Crippen LogP contribution >= 0.6 is 0 Å². The molecule has 7 heteroatoms. The van der Waals surface area contributed by atoms with Crippen molar-refractivity contribution in [1.29, 1.82) is 0 Å². The number of aliphatic hydroxyl groups is 1. The molecule has 5 rings (SSSR count). The van der Waals surface area contributed by atoms with Gasteiger partial charge >= 0.3 is 5.97 Å². The molecule has 1 saturated carbocycles. The predicted molar refractivity (Wildman–Crippen MR) is 121 cm³/mol. The molecule has 4 aromatic rings. The summed E-state index contributed by atoms with van der Waals surface area (Å²) >= 11 is 0. The Kier molecular flexibility index (Phi) is 4.64. The number of carboxylic acid groups (broad SMARTS) is 1. The maximum absolute atomic E-state index is 14.1. The molecule has 0 saturated heterocycles. The Balaban J connectivity index is 1.84. The van der Waals surface area contributed by atoms with Gasteiger partial charge in [-0.2, -0.15) is 5.10 Å². The molecule has 0 spiro atoms. The van der Waals surface area contributed by atoms with Crippen molar-refractivity contribution in [3.05, 3.63) is 59.2 Å². The molecule has 0 bridgehead atoms. The number of carbonyl (C=O) groups is 1. The van der Waals surface area contributed by atoms with Gasteiger partial charge in [-0.15, -0.1) is 0 Å². The van der Waals surface area contributed by atoms with E-state index in [2.05, 4.69) is 40.7 Å². The SMILES string of the molecule is Cc1cc(-n2c(C(C)C)c([C@@H]3CC[C@@](O)(C(=O)O)C3)c3cc4[nH]ncc4cc32)ccc1F. The number of benzene rings is 2. The molecule has 6 nitrogen and oxygen atoms in total. The van der Waals surface area contributed by atoms with Crippen LogP contribution in [0.3, 0.4) is 0 Å². The third-order valence-corrected chi connectivity index (χ3v) is 6.85. The fraction of sp³-hybridized carbons (Fsp3) is 0.360. The van der Waals surface area contributed by atoms with Crippen LogP contribution in [0.1, 0.15) is 61.8 Å². The highest BCUT2D eigenvalue weighted by Crippen LogP contribution is 2.48. The lowest BCUT2D eigenvalue weighted by molar-refractivity contribution is -0.157. The number of aromatic amines is 1. The molecule has 2 aromatic carbocycles. The van der Waals surface area contributed by atoms with Crippen LogP contribution < -0.4 is 0 Å². The first kappa shape index (κ1) is 20.7. The molecule has 2 aromatic heterocycles. The topological polar surface area (TPSA) is 91.1 Å². The number of rotatable bonds is 4. The van der Waals surface area contributed by atoms with Crippen LogP contribution in [0.15, 0.2) is 36.5 Å². The molecule has 2 heterocycles. The first-order valence-electron chi connectivity index (χ1n) is 10.9. The van der Waals surface area contributed by atoms with Gasteiger partial charge in [0.25, 0.3) is 0 Å².